The maximum absolute atomic E-state index is 12.1. The van der Waals surface area contributed by atoms with E-state index in [0.717, 1.165) is 22.5 Å². The summed E-state index contributed by atoms with van der Waals surface area (Å²) in [4.78, 5) is 12.1. The van der Waals surface area contributed by atoms with Gasteiger partial charge in [0, 0.05) is 5.71 Å². The second-order valence-corrected chi connectivity index (χ2v) is 4.86. The molecular weight excluding hydrogens is 212 g/mol. The Morgan fingerprint density at radius 1 is 1.12 bits per heavy atom. The summed E-state index contributed by atoms with van der Waals surface area (Å²) in [6.07, 6.45) is 0. The van der Waals surface area contributed by atoms with Crippen molar-refractivity contribution in [3.63, 3.8) is 0 Å². The Morgan fingerprint density at radius 3 is 2.06 bits per heavy atom. The van der Waals surface area contributed by atoms with Gasteiger partial charge in [-0.3, -0.25) is 4.79 Å². The summed E-state index contributed by atoms with van der Waals surface area (Å²) in [7, 11) is 0. The van der Waals surface area contributed by atoms with Gasteiger partial charge in [0.15, 0.2) is 0 Å². The van der Waals surface area contributed by atoms with Gasteiger partial charge in [-0.1, -0.05) is 17.7 Å². The van der Waals surface area contributed by atoms with Gasteiger partial charge in [-0.05, 0) is 45.7 Å². The third kappa shape index (κ3) is 1.86. The zero-order valence-corrected chi connectivity index (χ0v) is 11.0. The Morgan fingerprint density at radius 2 is 1.65 bits per heavy atom. The molecule has 0 N–H and O–H groups in total. The largest absolute Gasteiger partial charge is 0.272 e. The van der Waals surface area contributed by atoms with Crippen molar-refractivity contribution in [1.82, 2.24) is 0 Å². The first-order valence-corrected chi connectivity index (χ1v) is 5.88. The Bertz CT molecular complexity index is 494. The molecule has 3 nitrogen and oxygen atoms in total. The molecule has 1 aliphatic heterocycles. The van der Waals surface area contributed by atoms with Gasteiger partial charge in [-0.15, -0.1) is 0 Å². The van der Waals surface area contributed by atoms with Gasteiger partial charge in [0.05, 0.1) is 11.6 Å². The highest BCUT2D eigenvalue weighted by atomic mass is 16.2. The van der Waals surface area contributed by atoms with Crippen LogP contribution in [-0.4, -0.2) is 11.6 Å². The van der Waals surface area contributed by atoms with Crippen LogP contribution in [0, 0.1) is 26.7 Å². The Balaban J connectivity index is 2.53. The lowest BCUT2D eigenvalue weighted by Crippen LogP contribution is -2.26. The molecule has 0 saturated heterocycles. The van der Waals surface area contributed by atoms with Crippen molar-refractivity contribution in [2.45, 2.75) is 34.6 Å². The van der Waals surface area contributed by atoms with Crippen LogP contribution < -0.4 is 5.01 Å². The van der Waals surface area contributed by atoms with E-state index in [4.69, 9.17) is 0 Å². The van der Waals surface area contributed by atoms with E-state index in [1.165, 1.54) is 5.56 Å². The number of amides is 1. The summed E-state index contributed by atoms with van der Waals surface area (Å²) in [6.45, 7) is 9.92. The molecule has 0 bridgehead atoms. The molecule has 1 aromatic rings. The minimum absolute atomic E-state index is 0.0672. The minimum Gasteiger partial charge on any atom is -0.272 e. The smallest absolute Gasteiger partial charge is 0.255 e. The summed E-state index contributed by atoms with van der Waals surface area (Å²) in [5, 5.41) is 5.93. The van der Waals surface area contributed by atoms with Crippen LogP contribution in [0.3, 0.4) is 0 Å². The van der Waals surface area contributed by atoms with Crippen molar-refractivity contribution < 1.29 is 4.79 Å². The molecule has 1 aromatic carbocycles. The van der Waals surface area contributed by atoms with Crippen molar-refractivity contribution in [3.8, 4) is 0 Å². The number of nitrogens with zero attached hydrogens (tertiary/aromatic N) is 2. The Kier molecular flexibility index (Phi) is 2.77. The molecule has 3 heteroatoms. The highest BCUT2D eigenvalue weighted by Crippen LogP contribution is 2.30. The molecule has 1 unspecified atom stereocenters. The van der Waals surface area contributed by atoms with E-state index >= 15 is 0 Å². The number of rotatable bonds is 1. The normalized spacial score (nSPS) is 19.8. The van der Waals surface area contributed by atoms with Crippen LogP contribution >= 0.6 is 0 Å². The fraction of sp³-hybridized carbons (Fsp3) is 0.429. The summed E-state index contributed by atoms with van der Waals surface area (Å²) >= 11 is 0. The predicted molar refractivity (Wildman–Crippen MR) is 70.4 cm³/mol. The van der Waals surface area contributed by atoms with Gasteiger partial charge >= 0.3 is 0 Å². The van der Waals surface area contributed by atoms with Gasteiger partial charge in [0.1, 0.15) is 0 Å². The third-order valence-corrected chi connectivity index (χ3v) is 3.31. The Labute approximate surface area is 102 Å². The van der Waals surface area contributed by atoms with E-state index in [2.05, 4.69) is 24.2 Å². The summed E-state index contributed by atoms with van der Waals surface area (Å²) in [6, 6.07) is 4.17. The van der Waals surface area contributed by atoms with Gasteiger partial charge in [-0.25, -0.2) is 0 Å². The fourth-order valence-corrected chi connectivity index (χ4v) is 2.32. The molecule has 1 amide bonds. The van der Waals surface area contributed by atoms with Gasteiger partial charge in [0.25, 0.3) is 5.91 Å². The number of aryl methyl sites for hydroxylation is 3. The molecule has 1 atom stereocenters. The molecule has 0 fully saturated rings. The minimum atomic E-state index is -0.102. The SMILES string of the molecule is CC1=NN(c2c(C)cc(C)cc2C)C(=O)C1C. The number of hydrogen-bond donors (Lipinski definition) is 0. The predicted octanol–water partition coefficient (Wildman–Crippen LogP) is 2.97. The lowest BCUT2D eigenvalue weighted by atomic mass is 10.0. The monoisotopic (exact) mass is 230 g/mol. The van der Waals surface area contributed by atoms with Crippen LogP contribution in [0.2, 0.25) is 0 Å². The summed E-state index contributed by atoms with van der Waals surface area (Å²) < 4.78 is 0. The zero-order chi connectivity index (χ0) is 12.7. The molecule has 1 heterocycles. The average Bonchev–Trinajstić information content (AvgIpc) is 2.45. The Hall–Kier alpha value is -1.64. The van der Waals surface area contributed by atoms with Crippen molar-refractivity contribution in [2.75, 3.05) is 5.01 Å². The molecule has 0 aliphatic carbocycles. The molecule has 17 heavy (non-hydrogen) atoms. The summed E-state index contributed by atoms with van der Waals surface area (Å²) in [5.74, 6) is -0.0346. The van der Waals surface area contributed by atoms with E-state index in [0.29, 0.717) is 0 Å². The first-order chi connectivity index (χ1) is 7.91. The molecule has 1 aliphatic rings. The quantitative estimate of drug-likeness (QED) is 0.730. The molecule has 2 rings (SSSR count). The van der Waals surface area contributed by atoms with E-state index in [1.54, 1.807) is 5.01 Å². The molecule has 90 valence electrons. The summed E-state index contributed by atoms with van der Waals surface area (Å²) in [5.41, 5.74) is 5.23. The molecule has 0 spiro atoms. The number of anilines is 1. The first-order valence-electron chi connectivity index (χ1n) is 5.88. The van der Waals surface area contributed by atoms with Crippen LogP contribution in [0.15, 0.2) is 17.2 Å². The standard InChI is InChI=1S/C14H18N2O/c1-8-6-9(2)13(10(3)7-8)16-14(17)11(4)12(5)15-16/h6-7,11H,1-5H3. The van der Waals surface area contributed by atoms with Crippen molar-refractivity contribution in [2.24, 2.45) is 11.0 Å². The van der Waals surface area contributed by atoms with Crippen LogP contribution in [0.4, 0.5) is 5.69 Å². The van der Waals surface area contributed by atoms with Crippen LogP contribution in [0.1, 0.15) is 30.5 Å². The topological polar surface area (TPSA) is 32.7 Å². The van der Waals surface area contributed by atoms with Gasteiger partial charge in [0.2, 0.25) is 0 Å². The van der Waals surface area contributed by atoms with E-state index in [9.17, 15) is 4.79 Å². The van der Waals surface area contributed by atoms with Crippen molar-refractivity contribution >= 4 is 17.3 Å². The highest BCUT2D eigenvalue weighted by Gasteiger charge is 2.32. The molecule has 0 saturated carbocycles. The van der Waals surface area contributed by atoms with E-state index in [-0.39, 0.29) is 11.8 Å². The molecular formula is C14H18N2O. The average molecular weight is 230 g/mol. The number of hydrogen-bond acceptors (Lipinski definition) is 2. The van der Waals surface area contributed by atoms with Gasteiger partial charge < -0.3 is 0 Å². The number of carbonyl (C=O) groups excluding carboxylic acids is 1. The zero-order valence-electron chi connectivity index (χ0n) is 11.0. The molecule has 0 radical (unpaired) electrons. The second kappa shape index (κ2) is 3.99. The number of carbonyl (C=O) groups is 1. The van der Waals surface area contributed by atoms with E-state index in [1.807, 2.05) is 27.7 Å². The first kappa shape index (κ1) is 11.8. The number of benzene rings is 1. The maximum atomic E-state index is 12.1. The number of hydrazone groups is 1. The highest BCUT2D eigenvalue weighted by molar-refractivity contribution is 6.14. The van der Waals surface area contributed by atoms with Crippen LogP contribution in [-0.2, 0) is 4.79 Å². The third-order valence-electron chi connectivity index (χ3n) is 3.31. The van der Waals surface area contributed by atoms with Crippen molar-refractivity contribution in [1.29, 1.82) is 0 Å². The van der Waals surface area contributed by atoms with Crippen LogP contribution in [0.25, 0.3) is 0 Å². The van der Waals surface area contributed by atoms with Crippen molar-refractivity contribution in [3.05, 3.63) is 28.8 Å². The van der Waals surface area contributed by atoms with E-state index < -0.39 is 0 Å². The lowest BCUT2D eigenvalue weighted by molar-refractivity contribution is -0.119. The molecule has 0 aromatic heterocycles. The fourth-order valence-electron chi connectivity index (χ4n) is 2.32. The maximum Gasteiger partial charge on any atom is 0.255 e. The van der Waals surface area contributed by atoms with Crippen LogP contribution in [0.5, 0.6) is 0 Å². The second-order valence-electron chi connectivity index (χ2n) is 4.86. The van der Waals surface area contributed by atoms with Gasteiger partial charge in [-0.2, -0.15) is 10.1 Å². The lowest BCUT2D eigenvalue weighted by Gasteiger charge is -2.18.